The number of para-hydroxylation sites is 1. The average molecular weight is 217 g/mol. The quantitative estimate of drug-likeness (QED) is 0.816. The van der Waals surface area contributed by atoms with Gasteiger partial charge in [0.1, 0.15) is 0 Å². The predicted molar refractivity (Wildman–Crippen MR) is 65.2 cm³/mol. The lowest BCUT2D eigenvalue weighted by molar-refractivity contribution is 0.282. The average Bonchev–Trinajstić information content (AvgIpc) is 2.92. The molecule has 2 fully saturated rings. The molecule has 2 bridgehead atoms. The van der Waals surface area contributed by atoms with Crippen LogP contribution in [0.15, 0.2) is 24.3 Å². The van der Waals surface area contributed by atoms with Crippen LogP contribution in [-0.2, 0) is 6.61 Å². The molecule has 2 nitrogen and oxygen atoms in total. The molecule has 1 aromatic rings. The van der Waals surface area contributed by atoms with Crippen molar-refractivity contribution in [1.82, 2.24) is 0 Å². The summed E-state index contributed by atoms with van der Waals surface area (Å²) >= 11 is 0. The van der Waals surface area contributed by atoms with E-state index in [9.17, 15) is 5.11 Å². The van der Waals surface area contributed by atoms with E-state index in [1.54, 1.807) is 0 Å². The van der Waals surface area contributed by atoms with Crippen LogP contribution in [-0.4, -0.2) is 11.1 Å². The van der Waals surface area contributed by atoms with Crippen molar-refractivity contribution in [3.8, 4) is 0 Å². The first-order valence-electron chi connectivity index (χ1n) is 6.32. The van der Waals surface area contributed by atoms with Crippen LogP contribution in [0.4, 0.5) is 5.69 Å². The van der Waals surface area contributed by atoms with Crippen molar-refractivity contribution in [3.05, 3.63) is 29.8 Å². The van der Waals surface area contributed by atoms with E-state index < -0.39 is 0 Å². The number of nitrogens with one attached hydrogen (secondary N) is 1. The van der Waals surface area contributed by atoms with Gasteiger partial charge in [-0.05, 0) is 37.2 Å². The Bertz CT molecular complexity index is 377. The molecule has 3 unspecified atom stereocenters. The molecule has 2 heteroatoms. The maximum absolute atomic E-state index is 9.28. The maximum atomic E-state index is 9.28. The van der Waals surface area contributed by atoms with Crippen molar-refractivity contribution in [2.45, 2.75) is 38.3 Å². The Hall–Kier alpha value is -1.02. The molecule has 3 rings (SSSR count). The molecule has 86 valence electrons. The monoisotopic (exact) mass is 217 g/mol. The van der Waals surface area contributed by atoms with Gasteiger partial charge in [0, 0.05) is 17.3 Å². The van der Waals surface area contributed by atoms with E-state index in [0.29, 0.717) is 6.04 Å². The fourth-order valence-electron chi connectivity index (χ4n) is 3.42. The second-order valence-electron chi connectivity index (χ2n) is 5.24. The molecule has 16 heavy (non-hydrogen) atoms. The Balaban J connectivity index is 1.74. The van der Waals surface area contributed by atoms with Gasteiger partial charge in [-0.15, -0.1) is 0 Å². The zero-order chi connectivity index (χ0) is 11.0. The van der Waals surface area contributed by atoms with Crippen LogP contribution in [0.3, 0.4) is 0 Å². The number of hydrogen-bond acceptors (Lipinski definition) is 2. The summed E-state index contributed by atoms with van der Waals surface area (Å²) in [5.41, 5.74) is 2.15. The smallest absolute Gasteiger partial charge is 0.0701 e. The molecule has 0 aliphatic heterocycles. The summed E-state index contributed by atoms with van der Waals surface area (Å²) in [4.78, 5) is 0. The highest BCUT2D eigenvalue weighted by Crippen LogP contribution is 2.45. The lowest BCUT2D eigenvalue weighted by Gasteiger charge is -2.25. The molecule has 1 aromatic carbocycles. The van der Waals surface area contributed by atoms with Gasteiger partial charge in [-0.1, -0.05) is 24.6 Å². The van der Waals surface area contributed by atoms with Gasteiger partial charge in [0.05, 0.1) is 6.61 Å². The van der Waals surface area contributed by atoms with Gasteiger partial charge in [-0.2, -0.15) is 0 Å². The van der Waals surface area contributed by atoms with Crippen LogP contribution in [0.1, 0.15) is 31.2 Å². The molecule has 0 spiro atoms. The lowest BCUT2D eigenvalue weighted by atomic mass is 9.95. The second-order valence-corrected chi connectivity index (χ2v) is 5.24. The Morgan fingerprint density at radius 1 is 1.19 bits per heavy atom. The normalized spacial score (nSPS) is 31.9. The zero-order valence-corrected chi connectivity index (χ0v) is 9.52. The largest absolute Gasteiger partial charge is 0.392 e. The maximum Gasteiger partial charge on any atom is 0.0701 e. The van der Waals surface area contributed by atoms with E-state index in [0.717, 1.165) is 23.1 Å². The van der Waals surface area contributed by atoms with Gasteiger partial charge in [-0.3, -0.25) is 0 Å². The van der Waals surface area contributed by atoms with Crippen LogP contribution < -0.4 is 5.32 Å². The van der Waals surface area contributed by atoms with Crippen molar-refractivity contribution in [2.75, 3.05) is 5.32 Å². The molecule has 2 saturated carbocycles. The standard InChI is InChI=1S/C14H19NO/c16-9-12-3-1-2-4-13(12)15-14-8-10-5-6-11(14)7-10/h1-4,10-11,14-16H,5-9H2. The van der Waals surface area contributed by atoms with Crippen molar-refractivity contribution in [1.29, 1.82) is 0 Å². The molecular formula is C14H19NO. The molecule has 2 aliphatic rings. The molecule has 0 heterocycles. The minimum absolute atomic E-state index is 0.129. The van der Waals surface area contributed by atoms with Crippen molar-refractivity contribution < 1.29 is 5.11 Å². The van der Waals surface area contributed by atoms with E-state index in [-0.39, 0.29) is 6.61 Å². The topological polar surface area (TPSA) is 32.3 Å². The van der Waals surface area contributed by atoms with Gasteiger partial charge in [0.25, 0.3) is 0 Å². The molecule has 2 aliphatic carbocycles. The third-order valence-electron chi connectivity index (χ3n) is 4.27. The van der Waals surface area contributed by atoms with E-state index in [2.05, 4.69) is 11.4 Å². The second kappa shape index (κ2) is 4.10. The lowest BCUT2D eigenvalue weighted by Crippen LogP contribution is -2.26. The zero-order valence-electron chi connectivity index (χ0n) is 9.52. The fourth-order valence-corrected chi connectivity index (χ4v) is 3.42. The summed E-state index contributed by atoms with van der Waals surface area (Å²) < 4.78 is 0. The molecule has 2 N–H and O–H groups in total. The van der Waals surface area contributed by atoms with Gasteiger partial charge in [-0.25, -0.2) is 0 Å². The van der Waals surface area contributed by atoms with E-state index in [1.165, 1.54) is 25.7 Å². The van der Waals surface area contributed by atoms with Crippen LogP contribution in [0.25, 0.3) is 0 Å². The van der Waals surface area contributed by atoms with Gasteiger partial charge < -0.3 is 10.4 Å². The Morgan fingerprint density at radius 3 is 2.75 bits per heavy atom. The molecule has 3 atom stereocenters. The van der Waals surface area contributed by atoms with Crippen LogP contribution in [0.2, 0.25) is 0 Å². The highest BCUT2D eigenvalue weighted by Gasteiger charge is 2.39. The highest BCUT2D eigenvalue weighted by molar-refractivity contribution is 5.51. The van der Waals surface area contributed by atoms with E-state index >= 15 is 0 Å². The molecule has 0 saturated heterocycles. The third kappa shape index (κ3) is 1.71. The Morgan fingerprint density at radius 2 is 2.06 bits per heavy atom. The van der Waals surface area contributed by atoms with Crippen molar-refractivity contribution in [2.24, 2.45) is 11.8 Å². The number of fused-ring (bicyclic) bond motifs is 2. The Kier molecular flexibility index (Phi) is 2.60. The summed E-state index contributed by atoms with van der Waals surface area (Å²) in [7, 11) is 0. The fraction of sp³-hybridized carbons (Fsp3) is 0.571. The SMILES string of the molecule is OCc1ccccc1NC1CC2CCC1C2. The molecule has 0 radical (unpaired) electrons. The number of benzene rings is 1. The van der Waals surface area contributed by atoms with Crippen LogP contribution in [0.5, 0.6) is 0 Å². The molecule has 0 amide bonds. The number of aliphatic hydroxyl groups is 1. The van der Waals surface area contributed by atoms with Gasteiger partial charge in [0.15, 0.2) is 0 Å². The van der Waals surface area contributed by atoms with E-state index in [4.69, 9.17) is 0 Å². The third-order valence-corrected chi connectivity index (χ3v) is 4.27. The first-order chi connectivity index (χ1) is 7.86. The number of rotatable bonds is 3. The molecule has 0 aromatic heterocycles. The first kappa shape index (κ1) is 10.2. The summed E-state index contributed by atoms with van der Waals surface area (Å²) in [6.45, 7) is 0.129. The summed E-state index contributed by atoms with van der Waals surface area (Å²) in [5, 5.41) is 12.9. The minimum Gasteiger partial charge on any atom is -0.392 e. The summed E-state index contributed by atoms with van der Waals surface area (Å²) in [6.07, 6.45) is 5.57. The number of anilines is 1. The number of hydrogen-bond donors (Lipinski definition) is 2. The Labute approximate surface area is 96.7 Å². The van der Waals surface area contributed by atoms with Crippen molar-refractivity contribution >= 4 is 5.69 Å². The van der Waals surface area contributed by atoms with Crippen LogP contribution >= 0.6 is 0 Å². The summed E-state index contributed by atoms with van der Waals surface area (Å²) in [5.74, 6) is 1.83. The molecular weight excluding hydrogens is 198 g/mol. The van der Waals surface area contributed by atoms with E-state index in [1.807, 2.05) is 18.2 Å². The van der Waals surface area contributed by atoms with Crippen molar-refractivity contribution in [3.63, 3.8) is 0 Å². The van der Waals surface area contributed by atoms with Crippen LogP contribution in [0, 0.1) is 11.8 Å². The van der Waals surface area contributed by atoms with Gasteiger partial charge in [0.2, 0.25) is 0 Å². The predicted octanol–water partition coefficient (Wildman–Crippen LogP) is 2.78. The van der Waals surface area contributed by atoms with Gasteiger partial charge >= 0.3 is 0 Å². The highest BCUT2D eigenvalue weighted by atomic mass is 16.3. The summed E-state index contributed by atoms with van der Waals surface area (Å²) in [6, 6.07) is 8.74. The minimum atomic E-state index is 0.129. The number of aliphatic hydroxyl groups excluding tert-OH is 1. The first-order valence-corrected chi connectivity index (χ1v) is 6.32.